The highest BCUT2D eigenvalue weighted by Crippen LogP contribution is 2.16. The van der Waals surface area contributed by atoms with E-state index in [-0.39, 0.29) is 5.91 Å². The number of aromatic nitrogens is 2. The number of nitrogens with zero attached hydrogens (tertiary/aromatic N) is 4. The molecule has 2 saturated heterocycles. The summed E-state index contributed by atoms with van der Waals surface area (Å²) in [5, 5.41) is 4.44. The van der Waals surface area contributed by atoms with E-state index >= 15 is 0 Å². The van der Waals surface area contributed by atoms with Gasteiger partial charge in [-0.15, -0.1) is 0 Å². The molecule has 0 unspecified atom stereocenters. The Bertz CT molecular complexity index is 529. The lowest BCUT2D eigenvalue weighted by Gasteiger charge is -2.35. The Hall–Kier alpha value is -1.40. The van der Waals surface area contributed by atoms with E-state index in [1.54, 1.807) is 4.68 Å². The first kappa shape index (κ1) is 16.5. The van der Waals surface area contributed by atoms with Crippen LogP contribution in [0.3, 0.4) is 0 Å². The third-order valence-electron chi connectivity index (χ3n) is 4.80. The molecule has 1 aromatic heterocycles. The third-order valence-corrected chi connectivity index (χ3v) is 4.80. The standard InChI is InChI=1S/C17H28N4O2/c1-3-5-14-12-16(19(2)18-14)17(22)21-9-7-20(8-10-21)13-15-6-4-11-23-15/h12,15H,3-11,13H2,1-2H3/t15-/m1/s1. The lowest BCUT2D eigenvalue weighted by Crippen LogP contribution is -2.50. The number of hydrogen-bond donors (Lipinski definition) is 0. The predicted molar refractivity (Wildman–Crippen MR) is 88.5 cm³/mol. The van der Waals surface area contributed by atoms with Crippen molar-refractivity contribution in [3.8, 4) is 0 Å². The van der Waals surface area contributed by atoms with Crippen LogP contribution in [0.4, 0.5) is 0 Å². The Kier molecular flexibility index (Phi) is 5.33. The maximum atomic E-state index is 12.7. The van der Waals surface area contributed by atoms with E-state index in [1.165, 1.54) is 12.8 Å². The first-order chi connectivity index (χ1) is 11.2. The van der Waals surface area contributed by atoms with Gasteiger partial charge in [0.1, 0.15) is 5.69 Å². The number of amides is 1. The van der Waals surface area contributed by atoms with Crippen molar-refractivity contribution in [3.05, 3.63) is 17.5 Å². The van der Waals surface area contributed by atoms with Crippen molar-refractivity contribution in [3.63, 3.8) is 0 Å². The molecule has 1 aromatic rings. The lowest BCUT2D eigenvalue weighted by molar-refractivity contribution is 0.0427. The lowest BCUT2D eigenvalue weighted by atomic mass is 10.2. The number of hydrogen-bond acceptors (Lipinski definition) is 4. The molecule has 0 aliphatic carbocycles. The predicted octanol–water partition coefficient (Wildman–Crippen LogP) is 1.31. The zero-order valence-electron chi connectivity index (χ0n) is 14.3. The Balaban J connectivity index is 1.53. The summed E-state index contributed by atoms with van der Waals surface area (Å²) in [4.78, 5) is 17.1. The fourth-order valence-electron chi connectivity index (χ4n) is 3.48. The van der Waals surface area contributed by atoms with Crippen molar-refractivity contribution < 1.29 is 9.53 Å². The van der Waals surface area contributed by atoms with Crippen LogP contribution in [-0.2, 0) is 18.2 Å². The summed E-state index contributed by atoms with van der Waals surface area (Å²) in [5.41, 5.74) is 1.72. The first-order valence-electron chi connectivity index (χ1n) is 8.83. The second-order valence-electron chi connectivity index (χ2n) is 6.62. The summed E-state index contributed by atoms with van der Waals surface area (Å²) in [6.07, 6.45) is 4.73. The van der Waals surface area contributed by atoms with Crippen LogP contribution in [0.1, 0.15) is 42.4 Å². The van der Waals surface area contributed by atoms with Crippen LogP contribution >= 0.6 is 0 Å². The van der Waals surface area contributed by atoms with E-state index < -0.39 is 0 Å². The molecule has 3 rings (SSSR count). The summed E-state index contributed by atoms with van der Waals surface area (Å²) in [7, 11) is 1.86. The Labute approximate surface area is 138 Å². The SMILES string of the molecule is CCCc1cc(C(=O)N2CCN(C[C@H]3CCCO3)CC2)n(C)n1. The second kappa shape index (κ2) is 7.45. The van der Waals surface area contributed by atoms with Crippen molar-refractivity contribution in [2.45, 2.75) is 38.7 Å². The van der Waals surface area contributed by atoms with Gasteiger partial charge in [0.05, 0.1) is 11.8 Å². The van der Waals surface area contributed by atoms with E-state index in [9.17, 15) is 4.79 Å². The maximum Gasteiger partial charge on any atom is 0.272 e. The van der Waals surface area contributed by atoms with E-state index in [0.29, 0.717) is 11.8 Å². The Morgan fingerprint density at radius 2 is 2.13 bits per heavy atom. The average Bonchev–Trinajstić information content (AvgIpc) is 3.17. The van der Waals surface area contributed by atoms with Crippen molar-refractivity contribution in [2.75, 3.05) is 39.3 Å². The summed E-state index contributed by atoms with van der Waals surface area (Å²) < 4.78 is 7.44. The van der Waals surface area contributed by atoms with Gasteiger partial charge in [0.25, 0.3) is 5.91 Å². The minimum absolute atomic E-state index is 0.110. The Morgan fingerprint density at radius 1 is 1.35 bits per heavy atom. The van der Waals surface area contributed by atoms with Crippen LogP contribution < -0.4 is 0 Å². The van der Waals surface area contributed by atoms with E-state index in [0.717, 1.165) is 57.9 Å². The summed E-state index contributed by atoms with van der Waals surface area (Å²) >= 11 is 0. The largest absolute Gasteiger partial charge is 0.377 e. The van der Waals surface area contributed by atoms with Gasteiger partial charge in [-0.3, -0.25) is 14.4 Å². The molecule has 1 atom stereocenters. The van der Waals surface area contributed by atoms with E-state index in [1.807, 2.05) is 18.0 Å². The molecule has 2 fully saturated rings. The van der Waals surface area contributed by atoms with Crippen LogP contribution in [0, 0.1) is 0 Å². The summed E-state index contributed by atoms with van der Waals surface area (Å²) in [6, 6.07) is 1.95. The molecule has 1 amide bonds. The van der Waals surface area contributed by atoms with Gasteiger partial charge in [0, 0.05) is 46.4 Å². The fraction of sp³-hybridized carbons (Fsp3) is 0.765. The minimum Gasteiger partial charge on any atom is -0.377 e. The van der Waals surface area contributed by atoms with Gasteiger partial charge in [-0.05, 0) is 25.3 Å². The average molecular weight is 320 g/mol. The number of carbonyl (C=O) groups excluding carboxylic acids is 1. The molecule has 0 aromatic carbocycles. The van der Waals surface area contributed by atoms with Gasteiger partial charge >= 0.3 is 0 Å². The van der Waals surface area contributed by atoms with E-state index in [4.69, 9.17) is 4.74 Å². The third kappa shape index (κ3) is 3.93. The van der Waals surface area contributed by atoms with Crippen molar-refractivity contribution in [1.82, 2.24) is 19.6 Å². The first-order valence-corrected chi connectivity index (χ1v) is 8.83. The number of ether oxygens (including phenoxy) is 1. The molecule has 3 heterocycles. The zero-order chi connectivity index (χ0) is 16.2. The topological polar surface area (TPSA) is 50.6 Å². The molecule has 23 heavy (non-hydrogen) atoms. The number of rotatable bonds is 5. The highest BCUT2D eigenvalue weighted by Gasteiger charge is 2.26. The molecule has 6 nitrogen and oxygen atoms in total. The molecule has 0 saturated carbocycles. The number of aryl methyl sites for hydroxylation is 2. The van der Waals surface area contributed by atoms with Crippen LogP contribution in [0.5, 0.6) is 0 Å². The highest BCUT2D eigenvalue weighted by molar-refractivity contribution is 5.92. The van der Waals surface area contributed by atoms with Crippen LogP contribution in [0.2, 0.25) is 0 Å². The second-order valence-corrected chi connectivity index (χ2v) is 6.62. The molecule has 6 heteroatoms. The smallest absolute Gasteiger partial charge is 0.272 e. The van der Waals surface area contributed by atoms with Crippen molar-refractivity contribution in [2.24, 2.45) is 7.05 Å². The number of piperazine rings is 1. The molecule has 2 aliphatic heterocycles. The van der Waals surface area contributed by atoms with Gasteiger partial charge < -0.3 is 9.64 Å². The number of carbonyl (C=O) groups is 1. The van der Waals surface area contributed by atoms with Crippen molar-refractivity contribution >= 4 is 5.91 Å². The van der Waals surface area contributed by atoms with E-state index in [2.05, 4.69) is 16.9 Å². The molecule has 2 aliphatic rings. The fourth-order valence-corrected chi connectivity index (χ4v) is 3.48. The highest BCUT2D eigenvalue weighted by atomic mass is 16.5. The summed E-state index contributed by atoms with van der Waals surface area (Å²) in [5.74, 6) is 0.110. The molecule has 128 valence electrons. The quantitative estimate of drug-likeness (QED) is 0.821. The van der Waals surface area contributed by atoms with Gasteiger partial charge in [-0.25, -0.2) is 0 Å². The van der Waals surface area contributed by atoms with Crippen LogP contribution in [-0.4, -0.2) is 70.9 Å². The van der Waals surface area contributed by atoms with Gasteiger partial charge in [-0.1, -0.05) is 13.3 Å². The normalized spacial score (nSPS) is 22.7. The summed E-state index contributed by atoms with van der Waals surface area (Å²) in [6.45, 7) is 7.50. The van der Waals surface area contributed by atoms with Crippen molar-refractivity contribution in [1.29, 1.82) is 0 Å². The molecule has 0 spiro atoms. The van der Waals surface area contributed by atoms with Gasteiger partial charge in [-0.2, -0.15) is 5.10 Å². The van der Waals surface area contributed by atoms with Gasteiger partial charge in [0.2, 0.25) is 0 Å². The zero-order valence-corrected chi connectivity index (χ0v) is 14.3. The maximum absolute atomic E-state index is 12.7. The molecule has 0 N–H and O–H groups in total. The molecule has 0 bridgehead atoms. The molecule has 0 radical (unpaired) electrons. The molecular formula is C17H28N4O2. The minimum atomic E-state index is 0.110. The van der Waals surface area contributed by atoms with Gasteiger partial charge in [0.15, 0.2) is 0 Å². The monoisotopic (exact) mass is 320 g/mol. The molecular weight excluding hydrogens is 292 g/mol. The van der Waals surface area contributed by atoms with Crippen LogP contribution in [0.25, 0.3) is 0 Å². The van der Waals surface area contributed by atoms with Crippen LogP contribution in [0.15, 0.2) is 6.07 Å². The Morgan fingerprint density at radius 3 is 2.78 bits per heavy atom.